The van der Waals surface area contributed by atoms with Crippen LogP contribution in [0.15, 0.2) is 53.9 Å². The molecule has 0 bridgehead atoms. The Morgan fingerprint density at radius 3 is 2.86 bits per heavy atom. The predicted octanol–water partition coefficient (Wildman–Crippen LogP) is 3.73. The molecular weight excluding hydrogens is 378 g/mol. The van der Waals surface area contributed by atoms with Crippen molar-refractivity contribution in [3.8, 4) is 5.75 Å². The van der Waals surface area contributed by atoms with E-state index in [1.165, 1.54) is 17.9 Å². The summed E-state index contributed by atoms with van der Waals surface area (Å²) in [7, 11) is 0. The maximum Gasteiger partial charge on any atom is 0.259 e. The van der Waals surface area contributed by atoms with E-state index in [-0.39, 0.29) is 29.1 Å². The number of hydrogen-bond acceptors (Lipinski definition) is 4. The number of rotatable bonds is 1. The molecule has 3 N–H and O–H groups in total. The number of aromatic hydroxyl groups is 1. The van der Waals surface area contributed by atoms with Gasteiger partial charge in [0.25, 0.3) is 5.91 Å². The molecule has 0 saturated carbocycles. The number of aromatic amines is 1. The molecule has 1 unspecified atom stereocenters. The van der Waals surface area contributed by atoms with E-state index in [0.29, 0.717) is 11.3 Å². The van der Waals surface area contributed by atoms with Crippen LogP contribution in [-0.2, 0) is 9.59 Å². The van der Waals surface area contributed by atoms with Gasteiger partial charge in [0.2, 0.25) is 5.91 Å². The SMILES string of the molecule is CC(=O)N1CC2=C(C1=O)C(c1ccc(O)c(Cl)c1)c1c[nH]c3cccc(c13)N2. The van der Waals surface area contributed by atoms with E-state index in [1.807, 2.05) is 24.4 Å². The summed E-state index contributed by atoms with van der Waals surface area (Å²) in [4.78, 5) is 29.7. The Balaban J connectivity index is 1.80. The van der Waals surface area contributed by atoms with Crippen molar-refractivity contribution < 1.29 is 14.7 Å². The van der Waals surface area contributed by atoms with Gasteiger partial charge in [-0.05, 0) is 35.4 Å². The number of halogens is 1. The number of aromatic nitrogens is 1. The minimum atomic E-state index is -0.421. The number of nitrogens with zero attached hydrogens (tertiary/aromatic N) is 1. The molecule has 0 aliphatic carbocycles. The Labute approximate surface area is 165 Å². The van der Waals surface area contributed by atoms with Crippen LogP contribution in [0.25, 0.3) is 10.9 Å². The van der Waals surface area contributed by atoms with Crippen LogP contribution >= 0.6 is 11.6 Å². The van der Waals surface area contributed by atoms with Gasteiger partial charge in [-0.2, -0.15) is 0 Å². The monoisotopic (exact) mass is 393 g/mol. The van der Waals surface area contributed by atoms with Crippen LogP contribution < -0.4 is 5.32 Å². The molecule has 0 radical (unpaired) electrons. The van der Waals surface area contributed by atoms with Crippen molar-refractivity contribution in [2.45, 2.75) is 12.8 Å². The first-order valence-electron chi connectivity index (χ1n) is 8.86. The molecule has 2 amide bonds. The Hall–Kier alpha value is -3.25. The van der Waals surface area contributed by atoms with Gasteiger partial charge >= 0.3 is 0 Å². The first kappa shape index (κ1) is 16.9. The summed E-state index contributed by atoms with van der Waals surface area (Å²) in [5.74, 6) is -1.05. The van der Waals surface area contributed by atoms with Gasteiger partial charge in [0.15, 0.2) is 0 Å². The van der Waals surface area contributed by atoms with Crippen LogP contribution in [0.5, 0.6) is 5.75 Å². The highest BCUT2D eigenvalue weighted by molar-refractivity contribution is 6.32. The van der Waals surface area contributed by atoms with E-state index in [1.54, 1.807) is 12.1 Å². The normalized spacial score (nSPS) is 18.3. The second kappa shape index (κ2) is 5.87. The summed E-state index contributed by atoms with van der Waals surface area (Å²) >= 11 is 6.17. The van der Waals surface area contributed by atoms with E-state index < -0.39 is 5.92 Å². The Bertz CT molecular complexity index is 1210. The first-order valence-corrected chi connectivity index (χ1v) is 9.24. The second-order valence-corrected chi connectivity index (χ2v) is 7.45. The fourth-order valence-corrected chi connectivity index (χ4v) is 4.35. The molecular formula is C21H16ClN3O3. The standard InChI is InChI=1S/C21H16ClN3O3/c1-10(26)25-9-16-20(21(25)28)18(11-5-6-17(27)13(22)7-11)12-8-23-14-3-2-4-15(24-16)19(12)14/h2-8,18,23-24,27H,9H2,1H3. The van der Waals surface area contributed by atoms with Crippen molar-refractivity contribution in [1.29, 1.82) is 0 Å². The fourth-order valence-electron chi connectivity index (χ4n) is 4.16. The van der Waals surface area contributed by atoms with Gasteiger partial charge in [-0.1, -0.05) is 23.7 Å². The van der Waals surface area contributed by atoms with Crippen LogP contribution in [0.3, 0.4) is 0 Å². The maximum absolute atomic E-state index is 13.2. The highest BCUT2D eigenvalue weighted by atomic mass is 35.5. The number of carbonyl (C=O) groups is 2. The van der Waals surface area contributed by atoms with Crippen LogP contribution in [0.2, 0.25) is 5.02 Å². The van der Waals surface area contributed by atoms with Gasteiger partial charge in [0, 0.05) is 41.3 Å². The molecule has 0 saturated heterocycles. The Morgan fingerprint density at radius 1 is 1.29 bits per heavy atom. The van der Waals surface area contributed by atoms with E-state index in [9.17, 15) is 14.7 Å². The summed E-state index contributed by atoms with van der Waals surface area (Å²) in [6, 6.07) is 10.8. The summed E-state index contributed by atoms with van der Waals surface area (Å²) in [5.41, 5.74) is 4.75. The van der Waals surface area contributed by atoms with Gasteiger partial charge in [0.05, 0.1) is 17.1 Å². The van der Waals surface area contributed by atoms with Crippen molar-refractivity contribution >= 4 is 40.0 Å². The van der Waals surface area contributed by atoms with Gasteiger partial charge in [-0.15, -0.1) is 0 Å². The molecule has 2 aliphatic heterocycles. The average Bonchev–Trinajstić information content (AvgIpc) is 3.18. The smallest absolute Gasteiger partial charge is 0.259 e. The largest absolute Gasteiger partial charge is 0.506 e. The molecule has 2 aromatic carbocycles. The molecule has 0 fully saturated rings. The second-order valence-electron chi connectivity index (χ2n) is 7.04. The zero-order valence-corrected chi connectivity index (χ0v) is 15.7. The highest BCUT2D eigenvalue weighted by Gasteiger charge is 2.41. The molecule has 0 spiro atoms. The molecule has 3 aromatic rings. The van der Waals surface area contributed by atoms with Gasteiger partial charge in [0.1, 0.15) is 5.75 Å². The van der Waals surface area contributed by atoms with E-state index in [4.69, 9.17) is 11.6 Å². The molecule has 1 atom stereocenters. The molecule has 140 valence electrons. The molecule has 1 aromatic heterocycles. The lowest BCUT2D eigenvalue weighted by Gasteiger charge is -2.19. The first-order chi connectivity index (χ1) is 13.5. The fraction of sp³-hybridized carbons (Fsp3) is 0.143. The third-order valence-electron chi connectivity index (χ3n) is 5.42. The van der Waals surface area contributed by atoms with Crippen LogP contribution in [0.4, 0.5) is 5.69 Å². The molecule has 2 aliphatic rings. The molecule has 6 nitrogen and oxygen atoms in total. The topological polar surface area (TPSA) is 85.4 Å². The van der Waals surface area contributed by atoms with Crippen molar-refractivity contribution in [1.82, 2.24) is 9.88 Å². The number of nitrogens with one attached hydrogen (secondary N) is 2. The van der Waals surface area contributed by atoms with Crippen molar-refractivity contribution in [2.75, 3.05) is 11.9 Å². The number of phenols is 1. The average molecular weight is 394 g/mol. The minimum Gasteiger partial charge on any atom is -0.506 e. The zero-order chi connectivity index (χ0) is 19.6. The van der Waals surface area contributed by atoms with Gasteiger partial charge < -0.3 is 15.4 Å². The summed E-state index contributed by atoms with van der Waals surface area (Å²) in [6.07, 6.45) is 1.89. The summed E-state index contributed by atoms with van der Waals surface area (Å²) in [6.45, 7) is 1.59. The molecule has 5 rings (SSSR count). The van der Waals surface area contributed by atoms with Crippen LogP contribution in [-0.4, -0.2) is 33.3 Å². The zero-order valence-electron chi connectivity index (χ0n) is 14.9. The lowest BCUT2D eigenvalue weighted by atomic mass is 9.84. The van der Waals surface area contributed by atoms with E-state index in [0.717, 1.165) is 27.7 Å². The third kappa shape index (κ3) is 2.28. The van der Waals surface area contributed by atoms with Gasteiger partial charge in [-0.25, -0.2) is 0 Å². The number of carbonyl (C=O) groups excluding carboxylic acids is 2. The van der Waals surface area contributed by atoms with Crippen molar-refractivity contribution in [2.24, 2.45) is 0 Å². The number of benzene rings is 2. The van der Waals surface area contributed by atoms with Crippen molar-refractivity contribution in [3.05, 3.63) is 70.0 Å². The summed E-state index contributed by atoms with van der Waals surface area (Å²) in [5, 5.41) is 14.4. The maximum atomic E-state index is 13.2. The number of amides is 2. The number of imide groups is 1. The van der Waals surface area contributed by atoms with Crippen LogP contribution in [0.1, 0.15) is 24.0 Å². The highest BCUT2D eigenvalue weighted by Crippen LogP contribution is 2.46. The lowest BCUT2D eigenvalue weighted by molar-refractivity contribution is -0.139. The Kier molecular flexibility index (Phi) is 3.54. The number of hydrogen-bond donors (Lipinski definition) is 3. The number of anilines is 1. The molecule has 3 heterocycles. The quantitative estimate of drug-likeness (QED) is 0.588. The Morgan fingerprint density at radius 2 is 2.11 bits per heavy atom. The van der Waals surface area contributed by atoms with Crippen molar-refractivity contribution in [3.63, 3.8) is 0 Å². The lowest BCUT2D eigenvalue weighted by Crippen LogP contribution is -2.33. The number of phenolic OH excluding ortho intramolecular Hbond substituents is 1. The molecule has 28 heavy (non-hydrogen) atoms. The van der Waals surface area contributed by atoms with Gasteiger partial charge in [-0.3, -0.25) is 14.5 Å². The van der Waals surface area contributed by atoms with E-state index in [2.05, 4.69) is 10.3 Å². The van der Waals surface area contributed by atoms with E-state index >= 15 is 0 Å². The number of H-pyrrole nitrogens is 1. The minimum absolute atomic E-state index is 0.0194. The third-order valence-corrected chi connectivity index (χ3v) is 5.73. The van der Waals surface area contributed by atoms with Crippen LogP contribution in [0, 0.1) is 0 Å². The predicted molar refractivity (Wildman–Crippen MR) is 106 cm³/mol. The molecule has 7 heteroatoms. The summed E-state index contributed by atoms with van der Waals surface area (Å²) < 4.78 is 0.